The molecule has 0 bridgehead atoms. The SMILES string of the molecule is Cc1ccc(CN(C)CC(C)(C)O)o1. The Morgan fingerprint density at radius 3 is 2.50 bits per heavy atom. The zero-order valence-corrected chi connectivity index (χ0v) is 9.37. The topological polar surface area (TPSA) is 36.6 Å². The minimum atomic E-state index is -0.656. The number of likely N-dealkylation sites (N-methyl/N-ethyl adjacent to an activating group) is 1. The molecule has 0 fully saturated rings. The number of aliphatic hydroxyl groups is 1. The van der Waals surface area contributed by atoms with E-state index in [1.165, 1.54) is 0 Å². The number of furan rings is 1. The van der Waals surface area contributed by atoms with Crippen molar-refractivity contribution in [2.45, 2.75) is 32.9 Å². The number of hydrogen-bond acceptors (Lipinski definition) is 3. The van der Waals surface area contributed by atoms with E-state index in [-0.39, 0.29) is 0 Å². The monoisotopic (exact) mass is 197 g/mol. The average Bonchev–Trinajstić information content (AvgIpc) is 2.30. The van der Waals surface area contributed by atoms with Gasteiger partial charge in [-0.3, -0.25) is 4.90 Å². The van der Waals surface area contributed by atoms with Gasteiger partial charge in [0.05, 0.1) is 12.1 Å². The highest BCUT2D eigenvalue weighted by Gasteiger charge is 2.16. The summed E-state index contributed by atoms with van der Waals surface area (Å²) in [4.78, 5) is 2.04. The minimum absolute atomic E-state index is 0.632. The number of aryl methyl sites for hydroxylation is 1. The molecule has 0 saturated carbocycles. The fourth-order valence-electron chi connectivity index (χ4n) is 1.55. The molecule has 0 amide bonds. The molecule has 1 N–H and O–H groups in total. The Labute approximate surface area is 85.3 Å². The standard InChI is InChI=1S/C11H19NO2/c1-9-5-6-10(14-9)7-12(4)8-11(2,3)13/h5-6,13H,7-8H2,1-4H3. The van der Waals surface area contributed by atoms with E-state index in [0.717, 1.165) is 18.1 Å². The van der Waals surface area contributed by atoms with Crippen LogP contribution in [-0.2, 0) is 6.54 Å². The molecular weight excluding hydrogens is 178 g/mol. The highest BCUT2D eigenvalue weighted by molar-refractivity contribution is 5.05. The first-order valence-corrected chi connectivity index (χ1v) is 4.83. The van der Waals surface area contributed by atoms with E-state index >= 15 is 0 Å². The van der Waals surface area contributed by atoms with Crippen molar-refractivity contribution in [1.82, 2.24) is 4.90 Å². The van der Waals surface area contributed by atoms with E-state index in [4.69, 9.17) is 4.42 Å². The van der Waals surface area contributed by atoms with Crippen LogP contribution in [0, 0.1) is 6.92 Å². The second-order valence-electron chi connectivity index (χ2n) is 4.50. The van der Waals surface area contributed by atoms with Gasteiger partial charge in [0.1, 0.15) is 11.5 Å². The molecular formula is C11H19NO2. The summed E-state index contributed by atoms with van der Waals surface area (Å²) < 4.78 is 5.45. The molecule has 0 atom stereocenters. The Kier molecular flexibility index (Phi) is 3.34. The van der Waals surface area contributed by atoms with Crippen molar-refractivity contribution in [3.8, 4) is 0 Å². The van der Waals surface area contributed by atoms with Crippen molar-refractivity contribution in [1.29, 1.82) is 0 Å². The number of nitrogens with zero attached hydrogens (tertiary/aromatic N) is 1. The second-order valence-corrected chi connectivity index (χ2v) is 4.50. The van der Waals surface area contributed by atoms with Gasteiger partial charge in [-0.15, -0.1) is 0 Å². The highest BCUT2D eigenvalue weighted by Crippen LogP contribution is 2.10. The molecule has 0 saturated heterocycles. The van der Waals surface area contributed by atoms with Crippen LogP contribution >= 0.6 is 0 Å². The first-order chi connectivity index (χ1) is 6.37. The maximum absolute atomic E-state index is 9.60. The molecule has 0 aliphatic carbocycles. The molecule has 0 radical (unpaired) electrons. The van der Waals surface area contributed by atoms with Crippen LogP contribution < -0.4 is 0 Å². The predicted octanol–water partition coefficient (Wildman–Crippen LogP) is 1.79. The lowest BCUT2D eigenvalue weighted by molar-refractivity contribution is 0.0407. The molecule has 3 nitrogen and oxygen atoms in total. The van der Waals surface area contributed by atoms with Crippen molar-refractivity contribution in [2.24, 2.45) is 0 Å². The van der Waals surface area contributed by atoms with Crippen molar-refractivity contribution in [3.05, 3.63) is 23.7 Å². The van der Waals surface area contributed by atoms with Crippen molar-refractivity contribution in [3.63, 3.8) is 0 Å². The molecule has 0 aromatic carbocycles. The van der Waals surface area contributed by atoms with Gasteiger partial charge in [0, 0.05) is 6.54 Å². The zero-order valence-electron chi connectivity index (χ0n) is 9.37. The van der Waals surface area contributed by atoms with Gasteiger partial charge in [-0.05, 0) is 40.0 Å². The van der Waals surface area contributed by atoms with Crippen LogP contribution in [0.5, 0.6) is 0 Å². The molecule has 1 aromatic rings. The van der Waals surface area contributed by atoms with Crippen molar-refractivity contribution in [2.75, 3.05) is 13.6 Å². The zero-order chi connectivity index (χ0) is 10.8. The van der Waals surface area contributed by atoms with Crippen LogP contribution in [-0.4, -0.2) is 29.2 Å². The third-order valence-corrected chi connectivity index (χ3v) is 1.88. The largest absolute Gasteiger partial charge is 0.465 e. The minimum Gasteiger partial charge on any atom is -0.465 e. The third kappa shape index (κ3) is 3.94. The van der Waals surface area contributed by atoms with Crippen LogP contribution in [0.2, 0.25) is 0 Å². The van der Waals surface area contributed by atoms with E-state index < -0.39 is 5.60 Å². The lowest BCUT2D eigenvalue weighted by Gasteiger charge is -2.24. The summed E-state index contributed by atoms with van der Waals surface area (Å²) in [5.74, 6) is 1.87. The van der Waals surface area contributed by atoms with Crippen LogP contribution in [0.15, 0.2) is 16.5 Å². The Morgan fingerprint density at radius 1 is 1.43 bits per heavy atom. The summed E-state index contributed by atoms with van der Waals surface area (Å²) in [5.41, 5.74) is -0.656. The molecule has 1 aromatic heterocycles. The van der Waals surface area contributed by atoms with E-state index in [1.54, 1.807) is 13.8 Å². The Bertz CT molecular complexity index is 286. The lowest BCUT2D eigenvalue weighted by Crippen LogP contribution is -2.35. The summed E-state index contributed by atoms with van der Waals surface area (Å²) >= 11 is 0. The average molecular weight is 197 g/mol. The van der Waals surface area contributed by atoms with Gasteiger partial charge in [0.15, 0.2) is 0 Å². The fourth-order valence-corrected chi connectivity index (χ4v) is 1.55. The van der Waals surface area contributed by atoms with E-state index in [2.05, 4.69) is 0 Å². The highest BCUT2D eigenvalue weighted by atomic mass is 16.3. The molecule has 1 rings (SSSR count). The van der Waals surface area contributed by atoms with E-state index in [9.17, 15) is 5.11 Å². The van der Waals surface area contributed by atoms with Gasteiger partial charge in [-0.1, -0.05) is 0 Å². The second kappa shape index (κ2) is 4.15. The van der Waals surface area contributed by atoms with Crippen LogP contribution in [0.1, 0.15) is 25.4 Å². The lowest BCUT2D eigenvalue weighted by atomic mass is 10.1. The number of rotatable bonds is 4. The summed E-state index contributed by atoms with van der Waals surface area (Å²) in [6.45, 7) is 6.90. The molecule has 0 aliphatic rings. The third-order valence-electron chi connectivity index (χ3n) is 1.88. The van der Waals surface area contributed by atoms with Gasteiger partial charge >= 0.3 is 0 Å². The van der Waals surface area contributed by atoms with Crippen LogP contribution in [0.3, 0.4) is 0 Å². The molecule has 0 spiro atoms. The van der Waals surface area contributed by atoms with Gasteiger partial charge < -0.3 is 9.52 Å². The summed E-state index contributed by atoms with van der Waals surface area (Å²) in [6.07, 6.45) is 0. The Balaban J connectivity index is 2.45. The summed E-state index contributed by atoms with van der Waals surface area (Å²) in [5, 5.41) is 9.60. The molecule has 3 heteroatoms. The Morgan fingerprint density at radius 2 is 2.07 bits per heavy atom. The number of hydrogen-bond donors (Lipinski definition) is 1. The van der Waals surface area contributed by atoms with Gasteiger partial charge in [0.25, 0.3) is 0 Å². The van der Waals surface area contributed by atoms with Gasteiger partial charge in [-0.2, -0.15) is 0 Å². The summed E-state index contributed by atoms with van der Waals surface area (Å²) in [7, 11) is 1.97. The molecule has 14 heavy (non-hydrogen) atoms. The molecule has 0 aliphatic heterocycles. The predicted molar refractivity (Wildman–Crippen MR) is 56.1 cm³/mol. The Hall–Kier alpha value is -0.800. The summed E-state index contributed by atoms with van der Waals surface area (Å²) in [6, 6.07) is 3.92. The maximum Gasteiger partial charge on any atom is 0.118 e. The fraction of sp³-hybridized carbons (Fsp3) is 0.636. The quantitative estimate of drug-likeness (QED) is 0.799. The molecule has 80 valence electrons. The van der Waals surface area contributed by atoms with Gasteiger partial charge in [-0.25, -0.2) is 0 Å². The van der Waals surface area contributed by atoms with Crippen LogP contribution in [0.4, 0.5) is 0 Å². The van der Waals surface area contributed by atoms with Crippen molar-refractivity contribution >= 4 is 0 Å². The first-order valence-electron chi connectivity index (χ1n) is 4.83. The first kappa shape index (κ1) is 11.3. The molecule has 1 heterocycles. The smallest absolute Gasteiger partial charge is 0.118 e. The van der Waals surface area contributed by atoms with Crippen molar-refractivity contribution < 1.29 is 9.52 Å². The maximum atomic E-state index is 9.60. The van der Waals surface area contributed by atoms with Crippen LogP contribution in [0.25, 0.3) is 0 Å². The normalized spacial score (nSPS) is 12.4. The molecule has 0 unspecified atom stereocenters. The van der Waals surface area contributed by atoms with Gasteiger partial charge in [0.2, 0.25) is 0 Å². The van der Waals surface area contributed by atoms with E-state index in [0.29, 0.717) is 6.54 Å². The van der Waals surface area contributed by atoms with E-state index in [1.807, 2.05) is 31.0 Å².